The monoisotopic (exact) mass is 288 g/mol. The van der Waals surface area contributed by atoms with Gasteiger partial charge in [0.2, 0.25) is 5.91 Å². The average Bonchev–Trinajstić information content (AvgIpc) is 3.09. The third-order valence-corrected chi connectivity index (χ3v) is 4.20. The molecule has 0 spiro atoms. The number of hydrogen-bond acceptors (Lipinski definition) is 5. The molecule has 2 heterocycles. The van der Waals surface area contributed by atoms with Crippen molar-refractivity contribution in [3.8, 4) is 0 Å². The molecule has 0 saturated carbocycles. The van der Waals surface area contributed by atoms with E-state index < -0.39 is 0 Å². The predicted octanol–water partition coefficient (Wildman–Crippen LogP) is 1.86. The average molecular weight is 288 g/mol. The van der Waals surface area contributed by atoms with Crippen LogP contribution in [0.5, 0.6) is 0 Å². The summed E-state index contributed by atoms with van der Waals surface area (Å²) in [6.07, 6.45) is 0. The number of nitrogens with zero attached hydrogens (tertiary/aromatic N) is 1. The van der Waals surface area contributed by atoms with Crippen molar-refractivity contribution in [1.82, 2.24) is 15.8 Å². The highest BCUT2D eigenvalue weighted by Crippen LogP contribution is 2.26. The van der Waals surface area contributed by atoms with Crippen LogP contribution in [0.4, 0.5) is 5.13 Å². The summed E-state index contributed by atoms with van der Waals surface area (Å²) in [4.78, 5) is 16.6. The van der Waals surface area contributed by atoms with Gasteiger partial charge in [-0.3, -0.25) is 10.2 Å². The number of thiazole rings is 1. The SMILES string of the molecule is Cc1csc(NC(=O)C2CNNC2c2ccccc2)n1. The third kappa shape index (κ3) is 2.72. The lowest BCUT2D eigenvalue weighted by atomic mass is 9.94. The van der Waals surface area contributed by atoms with Crippen molar-refractivity contribution in [1.29, 1.82) is 0 Å². The van der Waals surface area contributed by atoms with Crippen molar-refractivity contribution in [3.63, 3.8) is 0 Å². The molecule has 0 radical (unpaired) electrons. The first-order valence-corrected chi connectivity index (χ1v) is 7.38. The molecular weight excluding hydrogens is 272 g/mol. The first-order chi connectivity index (χ1) is 9.74. The van der Waals surface area contributed by atoms with Crippen LogP contribution in [0.25, 0.3) is 0 Å². The van der Waals surface area contributed by atoms with E-state index in [1.54, 1.807) is 0 Å². The van der Waals surface area contributed by atoms with Gasteiger partial charge in [0, 0.05) is 11.9 Å². The van der Waals surface area contributed by atoms with Crippen molar-refractivity contribution in [2.45, 2.75) is 13.0 Å². The van der Waals surface area contributed by atoms with E-state index in [1.807, 2.05) is 42.6 Å². The van der Waals surface area contributed by atoms with Crippen LogP contribution in [0.15, 0.2) is 35.7 Å². The maximum absolute atomic E-state index is 12.4. The van der Waals surface area contributed by atoms with Crippen LogP contribution in [-0.4, -0.2) is 17.4 Å². The number of anilines is 1. The highest BCUT2D eigenvalue weighted by Gasteiger charge is 2.34. The number of amides is 1. The Bertz CT molecular complexity index is 598. The number of hydrogen-bond donors (Lipinski definition) is 3. The van der Waals surface area contributed by atoms with E-state index in [4.69, 9.17) is 0 Å². The Morgan fingerprint density at radius 1 is 1.40 bits per heavy atom. The van der Waals surface area contributed by atoms with Crippen molar-refractivity contribution in [2.24, 2.45) is 5.92 Å². The number of hydrazine groups is 1. The second-order valence-corrected chi connectivity index (χ2v) is 5.66. The van der Waals surface area contributed by atoms with Crippen LogP contribution in [0.3, 0.4) is 0 Å². The Balaban J connectivity index is 1.73. The molecule has 3 rings (SSSR count). The smallest absolute Gasteiger partial charge is 0.232 e. The lowest BCUT2D eigenvalue weighted by molar-refractivity contribution is -0.119. The molecule has 1 fully saturated rings. The molecule has 0 aliphatic carbocycles. The van der Waals surface area contributed by atoms with E-state index in [9.17, 15) is 4.79 Å². The van der Waals surface area contributed by atoms with E-state index in [1.165, 1.54) is 11.3 Å². The molecule has 1 aliphatic heterocycles. The van der Waals surface area contributed by atoms with E-state index >= 15 is 0 Å². The number of rotatable bonds is 3. The first kappa shape index (κ1) is 13.2. The van der Waals surface area contributed by atoms with Crippen LogP contribution >= 0.6 is 11.3 Å². The van der Waals surface area contributed by atoms with Crippen molar-refractivity contribution < 1.29 is 4.79 Å². The fourth-order valence-electron chi connectivity index (χ4n) is 2.33. The maximum atomic E-state index is 12.4. The Labute approximate surface area is 121 Å². The summed E-state index contributed by atoms with van der Waals surface area (Å²) in [6, 6.07) is 9.97. The van der Waals surface area contributed by atoms with Crippen molar-refractivity contribution in [3.05, 3.63) is 47.0 Å². The van der Waals surface area contributed by atoms with Gasteiger partial charge in [-0.25, -0.2) is 10.4 Å². The largest absolute Gasteiger partial charge is 0.302 e. The Kier molecular flexibility index (Phi) is 3.77. The number of carbonyl (C=O) groups excluding carboxylic acids is 1. The van der Waals surface area contributed by atoms with Gasteiger partial charge < -0.3 is 5.32 Å². The topological polar surface area (TPSA) is 66.1 Å². The number of aromatic nitrogens is 1. The molecule has 6 heteroatoms. The molecular formula is C14H16N4OS. The van der Waals surface area contributed by atoms with Gasteiger partial charge in [-0.05, 0) is 12.5 Å². The molecule has 20 heavy (non-hydrogen) atoms. The number of benzene rings is 1. The summed E-state index contributed by atoms with van der Waals surface area (Å²) in [5.41, 5.74) is 8.26. The van der Waals surface area contributed by atoms with E-state index in [0.29, 0.717) is 11.7 Å². The summed E-state index contributed by atoms with van der Waals surface area (Å²) in [5.74, 6) is -0.160. The minimum absolute atomic E-state index is 0.00861. The van der Waals surface area contributed by atoms with Crippen LogP contribution in [0.1, 0.15) is 17.3 Å². The second kappa shape index (κ2) is 5.70. The van der Waals surface area contributed by atoms with E-state index in [2.05, 4.69) is 21.2 Å². The van der Waals surface area contributed by atoms with Gasteiger partial charge in [-0.2, -0.15) is 0 Å². The molecule has 3 N–H and O–H groups in total. The van der Waals surface area contributed by atoms with Gasteiger partial charge in [0.15, 0.2) is 5.13 Å². The minimum atomic E-state index is -0.151. The zero-order valence-electron chi connectivity index (χ0n) is 11.1. The third-order valence-electron chi connectivity index (χ3n) is 3.33. The van der Waals surface area contributed by atoms with Gasteiger partial charge in [0.05, 0.1) is 17.7 Å². The molecule has 1 aliphatic rings. The van der Waals surface area contributed by atoms with Gasteiger partial charge >= 0.3 is 0 Å². The quantitative estimate of drug-likeness (QED) is 0.806. The zero-order valence-corrected chi connectivity index (χ0v) is 11.9. The van der Waals surface area contributed by atoms with Gasteiger partial charge in [0.25, 0.3) is 0 Å². The molecule has 2 atom stereocenters. The minimum Gasteiger partial charge on any atom is -0.302 e. The molecule has 2 aromatic rings. The van der Waals surface area contributed by atoms with Crippen LogP contribution in [-0.2, 0) is 4.79 Å². The number of aryl methyl sites for hydroxylation is 1. The molecule has 1 saturated heterocycles. The van der Waals surface area contributed by atoms with Gasteiger partial charge in [0.1, 0.15) is 0 Å². The summed E-state index contributed by atoms with van der Waals surface area (Å²) in [7, 11) is 0. The first-order valence-electron chi connectivity index (χ1n) is 6.50. The summed E-state index contributed by atoms with van der Waals surface area (Å²) >= 11 is 1.45. The van der Waals surface area contributed by atoms with Crippen molar-refractivity contribution in [2.75, 3.05) is 11.9 Å². The predicted molar refractivity (Wildman–Crippen MR) is 79.3 cm³/mol. The zero-order chi connectivity index (χ0) is 13.9. The lowest BCUT2D eigenvalue weighted by Gasteiger charge is -2.17. The fraction of sp³-hybridized carbons (Fsp3) is 0.286. The van der Waals surface area contributed by atoms with Crippen LogP contribution in [0, 0.1) is 12.8 Å². The van der Waals surface area contributed by atoms with E-state index in [-0.39, 0.29) is 17.9 Å². The standard InChI is InChI=1S/C14H16N4OS/c1-9-8-20-14(16-9)17-13(19)11-7-15-18-12(11)10-5-3-2-4-6-10/h2-6,8,11-12,15,18H,7H2,1H3,(H,16,17,19). The Hall–Kier alpha value is -1.76. The normalized spacial score (nSPS) is 21.9. The molecule has 5 nitrogen and oxygen atoms in total. The summed E-state index contributed by atoms with van der Waals surface area (Å²) < 4.78 is 0. The maximum Gasteiger partial charge on any atom is 0.232 e. The van der Waals surface area contributed by atoms with E-state index in [0.717, 1.165) is 11.3 Å². The fourth-order valence-corrected chi connectivity index (χ4v) is 3.02. The van der Waals surface area contributed by atoms with Crippen molar-refractivity contribution >= 4 is 22.4 Å². The van der Waals surface area contributed by atoms with Crippen LogP contribution < -0.4 is 16.2 Å². The number of carbonyl (C=O) groups is 1. The highest BCUT2D eigenvalue weighted by atomic mass is 32.1. The number of nitrogens with one attached hydrogen (secondary N) is 3. The lowest BCUT2D eigenvalue weighted by Crippen LogP contribution is -2.29. The van der Waals surface area contributed by atoms with Gasteiger partial charge in [-0.15, -0.1) is 11.3 Å². The molecule has 0 bridgehead atoms. The molecule has 1 aromatic carbocycles. The molecule has 1 amide bonds. The molecule has 1 aromatic heterocycles. The summed E-state index contributed by atoms with van der Waals surface area (Å²) in [5, 5.41) is 5.48. The highest BCUT2D eigenvalue weighted by molar-refractivity contribution is 7.13. The Morgan fingerprint density at radius 2 is 2.20 bits per heavy atom. The second-order valence-electron chi connectivity index (χ2n) is 4.80. The van der Waals surface area contributed by atoms with Crippen LogP contribution in [0.2, 0.25) is 0 Å². The van der Waals surface area contributed by atoms with Gasteiger partial charge in [-0.1, -0.05) is 30.3 Å². The summed E-state index contributed by atoms with van der Waals surface area (Å²) in [6.45, 7) is 2.52. The molecule has 2 unspecified atom stereocenters. The Morgan fingerprint density at radius 3 is 2.90 bits per heavy atom. The molecule has 104 valence electrons.